The smallest absolute Gasteiger partial charge is 0.354 e. The number of nitrogens with zero attached hydrogens (tertiary/aromatic N) is 1. The van der Waals surface area contributed by atoms with Crippen LogP contribution in [0.4, 0.5) is 0 Å². The lowest BCUT2D eigenvalue weighted by molar-refractivity contribution is 0.0690. The number of carbonyl (C=O) groups is 1. The van der Waals surface area contributed by atoms with Gasteiger partial charge in [-0.05, 0) is 31.4 Å². The lowest BCUT2D eigenvalue weighted by atomic mass is 10.2. The molecule has 4 nitrogen and oxygen atoms in total. The lowest BCUT2D eigenvalue weighted by Crippen LogP contribution is -2.05. The molecule has 0 bridgehead atoms. The van der Waals surface area contributed by atoms with E-state index in [1.54, 1.807) is 17.8 Å². The fourth-order valence-corrected chi connectivity index (χ4v) is 2.77. The van der Waals surface area contributed by atoms with E-state index in [0.717, 1.165) is 36.5 Å². The molecule has 0 aliphatic carbocycles. The predicted molar refractivity (Wildman–Crippen MR) is 65.5 cm³/mol. The van der Waals surface area contributed by atoms with Gasteiger partial charge < -0.3 is 9.84 Å². The summed E-state index contributed by atoms with van der Waals surface area (Å²) in [7, 11) is 0. The van der Waals surface area contributed by atoms with Crippen LogP contribution in [-0.2, 0) is 4.74 Å². The normalized spacial score (nSPS) is 19.4. The number of thioether (sulfide) groups is 1. The van der Waals surface area contributed by atoms with Crippen LogP contribution in [0.25, 0.3) is 0 Å². The molecule has 1 N–H and O–H groups in total. The van der Waals surface area contributed by atoms with Crippen molar-refractivity contribution in [3.63, 3.8) is 0 Å². The average molecular weight is 253 g/mol. The second-order valence-corrected chi connectivity index (χ2v) is 5.12. The van der Waals surface area contributed by atoms with Gasteiger partial charge in [0.1, 0.15) is 5.69 Å². The fraction of sp³-hybridized carbons (Fsp3) is 0.500. The van der Waals surface area contributed by atoms with Gasteiger partial charge in [0, 0.05) is 23.5 Å². The van der Waals surface area contributed by atoms with Gasteiger partial charge in [0.05, 0.1) is 6.10 Å². The second-order valence-electron chi connectivity index (χ2n) is 3.95. The predicted octanol–water partition coefficient (Wildman–Crippen LogP) is 2.44. The summed E-state index contributed by atoms with van der Waals surface area (Å²) in [5.74, 6) is -0.0279. The number of pyridine rings is 1. The number of ether oxygens (including phenoxy) is 1. The second kappa shape index (κ2) is 6.02. The number of aromatic nitrogens is 1. The molecule has 2 heterocycles. The zero-order valence-electron chi connectivity index (χ0n) is 9.46. The Labute approximate surface area is 104 Å². The molecule has 0 aromatic carbocycles. The highest BCUT2D eigenvalue weighted by atomic mass is 32.2. The van der Waals surface area contributed by atoms with E-state index in [1.807, 2.05) is 6.07 Å². The van der Waals surface area contributed by atoms with Crippen molar-refractivity contribution in [1.82, 2.24) is 4.98 Å². The molecular weight excluding hydrogens is 238 g/mol. The molecule has 1 aliphatic heterocycles. The van der Waals surface area contributed by atoms with Gasteiger partial charge in [0.2, 0.25) is 0 Å². The molecule has 0 saturated carbocycles. The van der Waals surface area contributed by atoms with Gasteiger partial charge in [-0.1, -0.05) is 0 Å². The Kier molecular flexibility index (Phi) is 4.39. The van der Waals surface area contributed by atoms with Crippen molar-refractivity contribution in [3.8, 4) is 0 Å². The SMILES string of the molecule is O=C(O)c1cc(SCCC2CCCO2)ccn1. The minimum atomic E-state index is -0.980. The zero-order valence-corrected chi connectivity index (χ0v) is 10.3. The minimum absolute atomic E-state index is 0.104. The van der Waals surface area contributed by atoms with E-state index < -0.39 is 5.97 Å². The van der Waals surface area contributed by atoms with Crippen molar-refractivity contribution >= 4 is 17.7 Å². The van der Waals surface area contributed by atoms with Gasteiger partial charge in [-0.3, -0.25) is 0 Å². The highest BCUT2D eigenvalue weighted by molar-refractivity contribution is 7.99. The first-order chi connectivity index (χ1) is 8.25. The van der Waals surface area contributed by atoms with Crippen molar-refractivity contribution in [2.45, 2.75) is 30.3 Å². The molecule has 92 valence electrons. The van der Waals surface area contributed by atoms with Crippen molar-refractivity contribution in [1.29, 1.82) is 0 Å². The Bertz CT molecular complexity index is 391. The maximum atomic E-state index is 10.7. The molecule has 0 spiro atoms. The quantitative estimate of drug-likeness (QED) is 0.817. The highest BCUT2D eigenvalue weighted by Crippen LogP contribution is 2.23. The van der Waals surface area contributed by atoms with Crippen LogP contribution in [0, 0.1) is 0 Å². The maximum absolute atomic E-state index is 10.7. The van der Waals surface area contributed by atoms with E-state index in [2.05, 4.69) is 4.98 Å². The molecule has 0 radical (unpaired) electrons. The maximum Gasteiger partial charge on any atom is 0.354 e. The topological polar surface area (TPSA) is 59.4 Å². The van der Waals surface area contributed by atoms with Crippen LogP contribution in [0.5, 0.6) is 0 Å². The number of rotatable bonds is 5. The summed E-state index contributed by atoms with van der Waals surface area (Å²) in [5, 5.41) is 8.82. The van der Waals surface area contributed by atoms with Gasteiger partial charge in [-0.2, -0.15) is 0 Å². The number of hydrogen-bond donors (Lipinski definition) is 1. The van der Waals surface area contributed by atoms with Gasteiger partial charge in [-0.25, -0.2) is 9.78 Å². The first-order valence-corrected chi connectivity index (χ1v) is 6.68. The van der Waals surface area contributed by atoms with Crippen molar-refractivity contribution in [2.75, 3.05) is 12.4 Å². The van der Waals surface area contributed by atoms with Crippen LogP contribution in [0.3, 0.4) is 0 Å². The van der Waals surface area contributed by atoms with Crippen LogP contribution in [0.2, 0.25) is 0 Å². The summed E-state index contributed by atoms with van der Waals surface area (Å²) in [5.41, 5.74) is 0.104. The van der Waals surface area contributed by atoms with Gasteiger partial charge in [0.25, 0.3) is 0 Å². The molecule has 1 fully saturated rings. The van der Waals surface area contributed by atoms with Crippen LogP contribution in [-0.4, -0.2) is 34.5 Å². The Hall–Kier alpha value is -1.07. The monoisotopic (exact) mass is 253 g/mol. The molecule has 5 heteroatoms. The number of carboxylic acid groups (broad SMARTS) is 1. The molecule has 0 amide bonds. The van der Waals surface area contributed by atoms with Crippen molar-refractivity contribution < 1.29 is 14.6 Å². The summed E-state index contributed by atoms with van der Waals surface area (Å²) < 4.78 is 5.53. The summed E-state index contributed by atoms with van der Waals surface area (Å²) in [4.78, 5) is 15.5. The third kappa shape index (κ3) is 3.71. The molecular formula is C12H15NO3S. The Morgan fingerprint density at radius 1 is 1.65 bits per heavy atom. The molecule has 1 atom stereocenters. The number of carboxylic acids is 1. The largest absolute Gasteiger partial charge is 0.477 e. The van der Waals surface area contributed by atoms with E-state index >= 15 is 0 Å². The Balaban J connectivity index is 1.81. The van der Waals surface area contributed by atoms with E-state index in [-0.39, 0.29) is 5.69 Å². The van der Waals surface area contributed by atoms with Crippen molar-refractivity contribution in [2.24, 2.45) is 0 Å². The van der Waals surface area contributed by atoms with E-state index in [4.69, 9.17) is 9.84 Å². The zero-order chi connectivity index (χ0) is 12.1. The highest BCUT2D eigenvalue weighted by Gasteiger charge is 2.15. The summed E-state index contributed by atoms with van der Waals surface area (Å²) >= 11 is 1.66. The van der Waals surface area contributed by atoms with Crippen LogP contribution in [0.1, 0.15) is 29.8 Å². The molecule has 1 aromatic heterocycles. The van der Waals surface area contributed by atoms with Gasteiger partial charge in [0.15, 0.2) is 0 Å². The molecule has 17 heavy (non-hydrogen) atoms. The molecule has 1 unspecified atom stereocenters. The fourth-order valence-electron chi connectivity index (χ4n) is 1.80. The summed E-state index contributed by atoms with van der Waals surface area (Å²) in [6.45, 7) is 0.883. The first-order valence-electron chi connectivity index (χ1n) is 5.69. The molecule has 1 saturated heterocycles. The number of hydrogen-bond acceptors (Lipinski definition) is 4. The van der Waals surface area contributed by atoms with E-state index in [1.165, 1.54) is 6.20 Å². The number of aromatic carboxylic acids is 1. The van der Waals surface area contributed by atoms with Gasteiger partial charge in [-0.15, -0.1) is 11.8 Å². The summed E-state index contributed by atoms with van der Waals surface area (Å²) in [6.07, 6.45) is 5.27. The van der Waals surface area contributed by atoms with Crippen LogP contribution < -0.4 is 0 Å². The van der Waals surface area contributed by atoms with Crippen molar-refractivity contribution in [3.05, 3.63) is 24.0 Å². The Morgan fingerprint density at radius 2 is 2.53 bits per heavy atom. The van der Waals surface area contributed by atoms with E-state index in [9.17, 15) is 4.79 Å². The van der Waals surface area contributed by atoms with Crippen LogP contribution in [0.15, 0.2) is 23.2 Å². The third-order valence-electron chi connectivity index (χ3n) is 2.68. The van der Waals surface area contributed by atoms with Crippen LogP contribution >= 0.6 is 11.8 Å². The molecule has 1 aliphatic rings. The lowest BCUT2D eigenvalue weighted by Gasteiger charge is -2.08. The Morgan fingerprint density at radius 3 is 3.24 bits per heavy atom. The first kappa shape index (κ1) is 12.4. The third-order valence-corrected chi connectivity index (χ3v) is 3.71. The minimum Gasteiger partial charge on any atom is -0.477 e. The molecule has 2 rings (SSSR count). The van der Waals surface area contributed by atoms with Gasteiger partial charge >= 0.3 is 5.97 Å². The standard InChI is InChI=1S/C12H15NO3S/c14-12(15)11-8-10(3-5-13-11)17-7-4-9-2-1-6-16-9/h3,5,8-9H,1-2,4,6-7H2,(H,14,15). The van der Waals surface area contributed by atoms with E-state index in [0.29, 0.717) is 6.10 Å². The summed E-state index contributed by atoms with van der Waals surface area (Å²) in [6, 6.07) is 3.45. The molecule has 1 aromatic rings. The average Bonchev–Trinajstić information content (AvgIpc) is 2.82.